The first kappa shape index (κ1) is 25.8. The van der Waals surface area contributed by atoms with E-state index in [0.29, 0.717) is 58.4 Å². The molecule has 10 heteroatoms. The molecule has 36 heavy (non-hydrogen) atoms. The molecule has 2 aliphatic heterocycles. The van der Waals surface area contributed by atoms with E-state index in [9.17, 15) is 14.0 Å². The van der Waals surface area contributed by atoms with Gasteiger partial charge in [0.2, 0.25) is 5.91 Å². The topological polar surface area (TPSA) is 104 Å². The van der Waals surface area contributed by atoms with Crippen molar-refractivity contribution < 1.29 is 18.4 Å². The second-order valence-electron chi connectivity index (χ2n) is 9.32. The van der Waals surface area contributed by atoms with E-state index >= 15 is 4.39 Å². The fraction of sp³-hybridized carbons (Fsp3) is 0.500. The molecule has 0 saturated carbocycles. The lowest BCUT2D eigenvalue weighted by molar-refractivity contribution is -0.128. The smallest absolute Gasteiger partial charge is 0.255 e. The van der Waals surface area contributed by atoms with Gasteiger partial charge in [0.15, 0.2) is 11.6 Å². The molecule has 0 unspecified atom stereocenters. The number of halogens is 2. The normalized spacial score (nSPS) is 17.6. The Labute approximate surface area is 210 Å². The van der Waals surface area contributed by atoms with Gasteiger partial charge in [-0.15, -0.1) is 0 Å². The van der Waals surface area contributed by atoms with E-state index in [-0.39, 0.29) is 41.5 Å². The van der Waals surface area contributed by atoms with Crippen LogP contribution in [-0.4, -0.2) is 67.0 Å². The highest BCUT2D eigenvalue weighted by Crippen LogP contribution is 2.27. The number of anilines is 2. The molecule has 2 saturated heterocycles. The first-order valence-corrected chi connectivity index (χ1v) is 12.7. The van der Waals surface area contributed by atoms with Gasteiger partial charge < -0.3 is 26.2 Å². The molecule has 1 aromatic carbocycles. The van der Waals surface area contributed by atoms with Gasteiger partial charge in [-0.2, -0.15) is 0 Å². The molecule has 0 radical (unpaired) electrons. The van der Waals surface area contributed by atoms with Crippen molar-refractivity contribution in [1.29, 1.82) is 0 Å². The lowest BCUT2D eigenvalue weighted by Gasteiger charge is -2.25. The lowest BCUT2D eigenvalue weighted by Crippen LogP contribution is -2.42. The van der Waals surface area contributed by atoms with E-state index in [1.165, 1.54) is 18.2 Å². The molecule has 2 aliphatic rings. The zero-order valence-electron chi connectivity index (χ0n) is 20.4. The maximum Gasteiger partial charge on any atom is 0.255 e. The minimum Gasteiger partial charge on any atom is -0.369 e. The van der Waals surface area contributed by atoms with Crippen LogP contribution in [0.5, 0.6) is 0 Å². The van der Waals surface area contributed by atoms with E-state index < -0.39 is 11.7 Å². The largest absolute Gasteiger partial charge is 0.369 e. The van der Waals surface area contributed by atoms with Gasteiger partial charge in [-0.25, -0.2) is 13.8 Å². The number of nitrogens with one attached hydrogen (secondary N) is 2. The van der Waals surface area contributed by atoms with Crippen LogP contribution in [0.1, 0.15) is 48.0 Å². The fourth-order valence-electron chi connectivity index (χ4n) is 4.84. The minimum absolute atomic E-state index is 0.0603. The summed E-state index contributed by atoms with van der Waals surface area (Å²) in [6, 6.07) is 7.44. The van der Waals surface area contributed by atoms with Gasteiger partial charge in [-0.3, -0.25) is 9.59 Å². The molecule has 0 bridgehead atoms. The third kappa shape index (κ3) is 6.29. The van der Waals surface area contributed by atoms with Crippen LogP contribution in [0.4, 0.5) is 20.4 Å². The molecule has 1 aromatic heterocycles. The van der Waals surface area contributed by atoms with E-state index in [0.717, 1.165) is 18.4 Å². The molecule has 2 amide bonds. The molecular weight excluding hydrogens is 466 g/mol. The van der Waals surface area contributed by atoms with Gasteiger partial charge in [-0.1, -0.05) is 12.1 Å². The molecule has 194 valence electrons. The number of carbonyl (C=O) groups is 2. The standard InChI is InChI=1S/C26H34F2N6O2/c27-19-6-3-5-18(15-19)9-11-30-24-21(16-22(28)25(32-24)33-12-1-2-13-33)26(36)31-17-20-7-8-23(35)34(20)14-4-10-29/h3,5-6,15-16,20H,1-2,4,7-14,17,29H2,(H,30,32)(H,31,36)/t20-/m1/s1. The van der Waals surface area contributed by atoms with Gasteiger partial charge >= 0.3 is 0 Å². The van der Waals surface area contributed by atoms with Crippen molar-refractivity contribution in [3.05, 3.63) is 53.1 Å². The molecular formula is C26H34F2N6O2. The summed E-state index contributed by atoms with van der Waals surface area (Å²) in [5.74, 6) is -0.736. The van der Waals surface area contributed by atoms with E-state index in [4.69, 9.17) is 5.73 Å². The minimum atomic E-state index is -0.543. The Balaban J connectivity index is 1.48. The van der Waals surface area contributed by atoms with Crippen LogP contribution in [0.25, 0.3) is 0 Å². The summed E-state index contributed by atoms with van der Waals surface area (Å²) < 4.78 is 28.6. The van der Waals surface area contributed by atoms with Gasteiger partial charge in [0.1, 0.15) is 11.6 Å². The summed E-state index contributed by atoms with van der Waals surface area (Å²) >= 11 is 0. The Morgan fingerprint density at radius 2 is 2.00 bits per heavy atom. The number of amides is 2. The third-order valence-corrected chi connectivity index (χ3v) is 6.76. The molecule has 1 atom stereocenters. The highest BCUT2D eigenvalue weighted by Gasteiger charge is 2.31. The predicted molar refractivity (Wildman–Crippen MR) is 135 cm³/mol. The second-order valence-corrected chi connectivity index (χ2v) is 9.32. The summed E-state index contributed by atoms with van der Waals surface area (Å²) in [4.78, 5) is 33.5. The van der Waals surface area contributed by atoms with Crippen LogP contribution in [0.2, 0.25) is 0 Å². The van der Waals surface area contributed by atoms with Gasteiger partial charge in [0, 0.05) is 45.2 Å². The maximum absolute atomic E-state index is 15.0. The van der Waals surface area contributed by atoms with Crippen molar-refractivity contribution in [3.8, 4) is 0 Å². The summed E-state index contributed by atoms with van der Waals surface area (Å²) in [6.45, 7) is 3.14. The number of likely N-dealkylation sites (tertiary alicyclic amines) is 1. The van der Waals surface area contributed by atoms with Crippen molar-refractivity contribution >= 4 is 23.5 Å². The van der Waals surface area contributed by atoms with Crippen LogP contribution in [0.3, 0.4) is 0 Å². The van der Waals surface area contributed by atoms with Crippen molar-refractivity contribution in [2.24, 2.45) is 5.73 Å². The SMILES string of the molecule is NCCCN1C(=O)CC[C@@H]1CNC(=O)c1cc(F)c(N2CCCC2)nc1NCCc1cccc(F)c1. The second kappa shape index (κ2) is 12.1. The van der Waals surface area contributed by atoms with Crippen molar-refractivity contribution in [1.82, 2.24) is 15.2 Å². The molecule has 0 aliphatic carbocycles. The van der Waals surface area contributed by atoms with Crippen LogP contribution in [-0.2, 0) is 11.2 Å². The van der Waals surface area contributed by atoms with E-state index in [1.807, 2.05) is 11.0 Å². The summed E-state index contributed by atoms with van der Waals surface area (Å²) in [7, 11) is 0. The number of benzene rings is 1. The zero-order chi connectivity index (χ0) is 25.5. The first-order valence-electron chi connectivity index (χ1n) is 12.7. The van der Waals surface area contributed by atoms with E-state index in [1.54, 1.807) is 11.0 Å². The summed E-state index contributed by atoms with van der Waals surface area (Å²) in [5, 5.41) is 6.02. The Morgan fingerprint density at radius 1 is 1.19 bits per heavy atom. The number of pyridine rings is 1. The fourth-order valence-corrected chi connectivity index (χ4v) is 4.84. The van der Waals surface area contributed by atoms with Crippen molar-refractivity contribution in [2.75, 3.05) is 49.5 Å². The third-order valence-electron chi connectivity index (χ3n) is 6.76. The highest BCUT2D eigenvalue weighted by molar-refractivity contribution is 5.99. The number of rotatable bonds is 11. The molecule has 2 fully saturated rings. The number of carbonyl (C=O) groups excluding carboxylic acids is 2. The molecule has 4 rings (SSSR count). The van der Waals surface area contributed by atoms with Crippen LogP contribution in [0, 0.1) is 11.6 Å². The van der Waals surface area contributed by atoms with Crippen molar-refractivity contribution in [3.63, 3.8) is 0 Å². The van der Waals surface area contributed by atoms with Crippen molar-refractivity contribution in [2.45, 2.75) is 44.6 Å². The number of hydrogen-bond acceptors (Lipinski definition) is 6. The van der Waals surface area contributed by atoms with Gasteiger partial charge in [-0.05, 0) is 62.4 Å². The predicted octanol–water partition coefficient (Wildman–Crippen LogP) is 2.68. The number of aromatic nitrogens is 1. The summed E-state index contributed by atoms with van der Waals surface area (Å²) in [6.07, 6.45) is 4.24. The van der Waals surface area contributed by atoms with E-state index in [2.05, 4.69) is 15.6 Å². The number of nitrogens with zero attached hydrogens (tertiary/aromatic N) is 3. The number of hydrogen-bond donors (Lipinski definition) is 3. The Morgan fingerprint density at radius 3 is 2.75 bits per heavy atom. The average Bonchev–Trinajstić information content (AvgIpc) is 3.52. The Kier molecular flexibility index (Phi) is 8.69. The van der Waals surface area contributed by atoms with Gasteiger partial charge in [0.05, 0.1) is 5.56 Å². The van der Waals surface area contributed by atoms with Gasteiger partial charge in [0.25, 0.3) is 5.91 Å². The zero-order valence-corrected chi connectivity index (χ0v) is 20.4. The Bertz CT molecular complexity index is 1080. The Hall–Kier alpha value is -3.27. The molecule has 0 spiro atoms. The van der Waals surface area contributed by atoms with Crippen LogP contribution >= 0.6 is 0 Å². The maximum atomic E-state index is 15.0. The molecule has 4 N–H and O–H groups in total. The molecule has 3 heterocycles. The number of nitrogens with two attached hydrogens (primary N) is 1. The highest BCUT2D eigenvalue weighted by atomic mass is 19.1. The molecule has 2 aromatic rings. The van der Waals surface area contributed by atoms with Crippen LogP contribution in [0.15, 0.2) is 30.3 Å². The van der Waals surface area contributed by atoms with Crippen LogP contribution < -0.4 is 21.3 Å². The lowest BCUT2D eigenvalue weighted by atomic mass is 10.1. The molecule has 8 nitrogen and oxygen atoms in total. The monoisotopic (exact) mass is 500 g/mol. The first-order chi connectivity index (χ1) is 17.5. The average molecular weight is 501 g/mol. The summed E-state index contributed by atoms with van der Waals surface area (Å²) in [5.41, 5.74) is 6.50. The quantitative estimate of drug-likeness (QED) is 0.438.